The Bertz CT molecular complexity index is 461. The van der Waals surface area contributed by atoms with Crippen molar-refractivity contribution in [2.24, 2.45) is 0 Å². The Hall–Kier alpha value is -1.04. The number of hydrogen-bond acceptors (Lipinski definition) is 4. The summed E-state index contributed by atoms with van der Waals surface area (Å²) in [6.45, 7) is 0. The zero-order chi connectivity index (χ0) is 10.1. The number of ether oxygens (including phenoxy) is 1. The van der Waals surface area contributed by atoms with Crippen molar-refractivity contribution in [2.45, 2.75) is 0 Å². The van der Waals surface area contributed by atoms with Crippen LogP contribution >= 0.6 is 11.3 Å². The number of thiophene rings is 1. The number of benzene rings is 1. The minimum atomic E-state index is -1.42. The van der Waals surface area contributed by atoms with Gasteiger partial charge in [0.1, 0.15) is 5.75 Å². The van der Waals surface area contributed by atoms with E-state index in [2.05, 4.69) is 0 Å². The van der Waals surface area contributed by atoms with E-state index in [4.69, 9.17) is 14.8 Å². The zero-order valence-corrected chi connectivity index (χ0v) is 8.41. The van der Waals surface area contributed by atoms with Crippen molar-refractivity contribution in [3.8, 4) is 5.75 Å². The van der Waals surface area contributed by atoms with E-state index >= 15 is 0 Å². The summed E-state index contributed by atoms with van der Waals surface area (Å²) in [4.78, 5) is 0. The molecule has 1 aromatic heterocycles. The normalized spacial score (nSPS) is 10.5. The van der Waals surface area contributed by atoms with E-state index in [1.165, 1.54) is 11.3 Å². The first-order chi connectivity index (χ1) is 6.74. The van der Waals surface area contributed by atoms with E-state index in [0.29, 0.717) is 5.46 Å². The largest absolute Gasteiger partial charge is 0.495 e. The fraction of sp³-hybridized carbons (Fsp3) is 0.111. The lowest BCUT2D eigenvalue weighted by Gasteiger charge is -2.01. The van der Waals surface area contributed by atoms with E-state index in [9.17, 15) is 0 Å². The van der Waals surface area contributed by atoms with E-state index in [0.717, 1.165) is 15.8 Å². The summed E-state index contributed by atoms with van der Waals surface area (Å²) in [6.07, 6.45) is 0. The lowest BCUT2D eigenvalue weighted by atomic mass is 9.80. The van der Waals surface area contributed by atoms with Crippen LogP contribution in [0.4, 0.5) is 0 Å². The second-order valence-corrected chi connectivity index (χ2v) is 3.78. The van der Waals surface area contributed by atoms with Gasteiger partial charge >= 0.3 is 7.12 Å². The third-order valence-corrected chi connectivity index (χ3v) is 3.12. The molecule has 2 rings (SSSR count). The van der Waals surface area contributed by atoms with E-state index in [1.54, 1.807) is 12.5 Å². The van der Waals surface area contributed by atoms with E-state index in [1.807, 2.05) is 18.2 Å². The molecule has 1 aromatic carbocycles. The van der Waals surface area contributed by atoms with Crippen molar-refractivity contribution in [1.29, 1.82) is 0 Å². The summed E-state index contributed by atoms with van der Waals surface area (Å²) in [5.41, 5.74) is 0.531. The molecule has 76 valence electrons. The maximum absolute atomic E-state index is 9.10. The van der Waals surface area contributed by atoms with Crippen LogP contribution < -0.4 is 10.2 Å². The third kappa shape index (κ3) is 1.39. The molecule has 0 aliphatic heterocycles. The first kappa shape index (κ1) is 9.52. The summed E-state index contributed by atoms with van der Waals surface area (Å²) in [7, 11) is 0.180. The van der Waals surface area contributed by atoms with Gasteiger partial charge < -0.3 is 14.8 Å². The van der Waals surface area contributed by atoms with Crippen molar-refractivity contribution in [3.63, 3.8) is 0 Å². The molecule has 0 atom stereocenters. The van der Waals surface area contributed by atoms with Gasteiger partial charge in [0.25, 0.3) is 0 Å². The third-order valence-electron chi connectivity index (χ3n) is 2.09. The fourth-order valence-corrected chi connectivity index (χ4v) is 2.49. The first-order valence-electron chi connectivity index (χ1n) is 4.14. The van der Waals surface area contributed by atoms with Crippen molar-refractivity contribution in [2.75, 3.05) is 7.11 Å². The van der Waals surface area contributed by atoms with Gasteiger partial charge in [-0.2, -0.15) is 0 Å². The molecule has 0 radical (unpaired) electrons. The molecule has 0 amide bonds. The summed E-state index contributed by atoms with van der Waals surface area (Å²) in [5, 5.41) is 20.8. The number of hydrogen-bond donors (Lipinski definition) is 2. The number of methoxy groups -OCH3 is 1. The summed E-state index contributed by atoms with van der Waals surface area (Å²) >= 11 is 1.45. The molecule has 2 aromatic rings. The molecule has 0 unspecified atom stereocenters. The Kier molecular flexibility index (Phi) is 2.45. The molecular weight excluding hydrogens is 199 g/mol. The van der Waals surface area contributed by atoms with Crippen LogP contribution in [-0.4, -0.2) is 24.3 Å². The lowest BCUT2D eigenvalue weighted by Crippen LogP contribution is -2.28. The van der Waals surface area contributed by atoms with Gasteiger partial charge in [-0.3, -0.25) is 0 Å². The minimum absolute atomic E-state index is 0. The summed E-state index contributed by atoms with van der Waals surface area (Å²) in [5.74, 6) is 0.763. The van der Waals surface area contributed by atoms with Gasteiger partial charge in [-0.15, -0.1) is 11.3 Å². The van der Waals surface area contributed by atoms with Gasteiger partial charge in [-0.05, 0) is 16.8 Å². The summed E-state index contributed by atoms with van der Waals surface area (Å²) < 4.78 is 6.11. The van der Waals surface area contributed by atoms with E-state index in [-0.39, 0.29) is 2.85 Å². The minimum Gasteiger partial charge on any atom is -0.495 e. The molecule has 0 saturated heterocycles. The van der Waals surface area contributed by atoms with Gasteiger partial charge in [-0.25, -0.2) is 0 Å². The van der Waals surface area contributed by atoms with Crippen LogP contribution in [0.2, 0.25) is 0 Å². The Morgan fingerprint density at radius 3 is 2.86 bits per heavy atom. The maximum atomic E-state index is 9.10. The van der Waals surface area contributed by atoms with Crippen LogP contribution in [0.15, 0.2) is 23.6 Å². The fourth-order valence-electron chi connectivity index (χ4n) is 1.41. The van der Waals surface area contributed by atoms with Crippen LogP contribution in [0.5, 0.6) is 5.75 Å². The van der Waals surface area contributed by atoms with Gasteiger partial charge in [0, 0.05) is 8.32 Å². The quantitative estimate of drug-likeness (QED) is 0.732. The average molecular weight is 212 g/mol. The van der Waals surface area contributed by atoms with Gasteiger partial charge in [0.05, 0.1) is 11.8 Å². The highest BCUT2D eigenvalue weighted by Gasteiger charge is 2.17. The monoisotopic (exact) mass is 212 g/mol. The Morgan fingerprint density at radius 1 is 1.43 bits per heavy atom. The maximum Gasteiger partial charge on any atom is 0.489 e. The van der Waals surface area contributed by atoms with Crippen molar-refractivity contribution in [1.82, 2.24) is 0 Å². The highest BCUT2D eigenvalue weighted by Crippen LogP contribution is 2.28. The second-order valence-electron chi connectivity index (χ2n) is 2.90. The van der Waals surface area contributed by atoms with Gasteiger partial charge in [0.15, 0.2) is 0 Å². The van der Waals surface area contributed by atoms with Crippen LogP contribution in [0.1, 0.15) is 2.85 Å². The molecule has 3 nitrogen and oxygen atoms in total. The molecule has 14 heavy (non-hydrogen) atoms. The van der Waals surface area contributed by atoms with Gasteiger partial charge in [0.2, 0.25) is 0 Å². The average Bonchev–Trinajstić information content (AvgIpc) is 2.60. The van der Waals surface area contributed by atoms with Crippen molar-refractivity contribution >= 4 is 34.0 Å². The summed E-state index contributed by atoms with van der Waals surface area (Å²) in [6, 6.07) is 5.54. The van der Waals surface area contributed by atoms with Crippen LogP contribution in [-0.2, 0) is 0 Å². The smallest absolute Gasteiger partial charge is 0.489 e. The van der Waals surface area contributed by atoms with Crippen LogP contribution in [0.3, 0.4) is 0 Å². The molecule has 2 N–H and O–H groups in total. The molecule has 0 aliphatic carbocycles. The standard InChI is InChI=1S/C9H9BO3S.2H2/c1-13-8-4-2-3-6-7(10(11)12)5-14-9(6)8;;/h2-5,11-12H,1H3;2*1H. The second kappa shape index (κ2) is 3.61. The molecule has 5 heteroatoms. The Morgan fingerprint density at radius 2 is 2.21 bits per heavy atom. The molecule has 0 spiro atoms. The topological polar surface area (TPSA) is 49.7 Å². The highest BCUT2D eigenvalue weighted by molar-refractivity contribution is 7.19. The number of fused-ring (bicyclic) bond motifs is 1. The van der Waals surface area contributed by atoms with Crippen molar-refractivity contribution in [3.05, 3.63) is 23.6 Å². The molecule has 0 aliphatic rings. The predicted octanol–water partition coefficient (Wildman–Crippen LogP) is 1.08. The molecular formula is C9H13BO3S. The lowest BCUT2D eigenvalue weighted by molar-refractivity contribution is 0.420. The zero-order valence-electron chi connectivity index (χ0n) is 7.60. The molecule has 0 fully saturated rings. The van der Waals surface area contributed by atoms with Crippen molar-refractivity contribution < 1.29 is 17.6 Å². The Balaban J connectivity index is 0.00000112. The number of rotatable bonds is 2. The molecule has 1 heterocycles. The Labute approximate surface area is 88.7 Å². The van der Waals surface area contributed by atoms with Crippen LogP contribution in [0.25, 0.3) is 10.1 Å². The highest BCUT2D eigenvalue weighted by atomic mass is 32.1. The van der Waals surface area contributed by atoms with Crippen LogP contribution in [0, 0.1) is 0 Å². The van der Waals surface area contributed by atoms with Gasteiger partial charge in [-0.1, -0.05) is 12.1 Å². The predicted molar refractivity (Wildman–Crippen MR) is 62.4 cm³/mol. The molecule has 0 saturated carbocycles. The first-order valence-corrected chi connectivity index (χ1v) is 5.02. The molecule has 0 bridgehead atoms. The van der Waals surface area contributed by atoms with E-state index < -0.39 is 7.12 Å². The SMILES string of the molecule is COc1cccc2c(B(O)O)csc12.[HH].[HH].